The number of nitrogens with two attached hydrogens (primary N) is 2. The Morgan fingerprint density at radius 2 is 2.21 bits per heavy atom. The van der Waals surface area contributed by atoms with E-state index in [1.807, 2.05) is 0 Å². The molecule has 0 bridgehead atoms. The van der Waals surface area contributed by atoms with Crippen molar-refractivity contribution in [2.24, 2.45) is 5.73 Å². The number of hydrogen-bond donors (Lipinski definition) is 3. The first kappa shape index (κ1) is 10.3. The lowest BCUT2D eigenvalue weighted by molar-refractivity contribution is 0.0698. The Labute approximate surface area is 81.8 Å². The Hall–Kier alpha value is -1.81. The molecule has 1 rings (SSSR count). The molecule has 14 heavy (non-hydrogen) atoms. The van der Waals surface area contributed by atoms with E-state index in [2.05, 4.69) is 0 Å². The normalized spacial score (nSPS) is 10.6. The lowest BCUT2D eigenvalue weighted by atomic mass is 10.1. The van der Waals surface area contributed by atoms with Gasteiger partial charge in [0.25, 0.3) is 0 Å². The molecule has 4 heteroatoms. The van der Waals surface area contributed by atoms with Crippen LogP contribution in [0.2, 0.25) is 0 Å². The standard InChI is InChI=1S/C10H12N2O2/c11-6-2-4-7-3-1-5-8(9(7)12)10(13)14/h1-5H,6,11-12H2,(H,13,14). The molecule has 1 aromatic rings. The number of rotatable bonds is 3. The van der Waals surface area contributed by atoms with E-state index in [1.165, 1.54) is 6.07 Å². The van der Waals surface area contributed by atoms with Crippen molar-refractivity contribution in [3.8, 4) is 0 Å². The Bertz CT molecular complexity index is 372. The topological polar surface area (TPSA) is 89.3 Å². The molecule has 0 atom stereocenters. The van der Waals surface area contributed by atoms with Crippen LogP contribution in [0.5, 0.6) is 0 Å². The Morgan fingerprint density at radius 3 is 2.79 bits per heavy atom. The van der Waals surface area contributed by atoms with E-state index in [4.69, 9.17) is 16.6 Å². The summed E-state index contributed by atoms with van der Waals surface area (Å²) in [6, 6.07) is 4.86. The van der Waals surface area contributed by atoms with Crippen LogP contribution in [0.25, 0.3) is 6.08 Å². The van der Waals surface area contributed by atoms with Crippen molar-refractivity contribution in [3.63, 3.8) is 0 Å². The SMILES string of the molecule is NCC=Cc1cccc(C(=O)O)c1N. The molecule has 4 nitrogen and oxygen atoms in total. The number of hydrogen-bond acceptors (Lipinski definition) is 3. The van der Waals surface area contributed by atoms with E-state index in [0.29, 0.717) is 12.1 Å². The fourth-order valence-electron chi connectivity index (χ4n) is 1.11. The minimum absolute atomic E-state index is 0.115. The lowest BCUT2D eigenvalue weighted by Gasteiger charge is -2.03. The average molecular weight is 192 g/mol. The molecule has 0 amide bonds. The highest BCUT2D eigenvalue weighted by molar-refractivity contribution is 5.95. The summed E-state index contributed by atoms with van der Waals surface area (Å²) in [5.41, 5.74) is 12.0. The quantitative estimate of drug-likeness (QED) is 0.622. The van der Waals surface area contributed by atoms with Gasteiger partial charge in [-0.2, -0.15) is 0 Å². The third-order valence-electron chi connectivity index (χ3n) is 1.80. The third kappa shape index (κ3) is 2.11. The first-order chi connectivity index (χ1) is 6.66. The fraction of sp³-hybridized carbons (Fsp3) is 0.100. The minimum Gasteiger partial charge on any atom is -0.478 e. The molecule has 0 saturated carbocycles. The summed E-state index contributed by atoms with van der Waals surface area (Å²) in [4.78, 5) is 10.7. The van der Waals surface area contributed by atoms with E-state index >= 15 is 0 Å². The fourth-order valence-corrected chi connectivity index (χ4v) is 1.11. The van der Waals surface area contributed by atoms with Gasteiger partial charge in [-0.25, -0.2) is 4.79 Å². The monoisotopic (exact) mass is 192 g/mol. The summed E-state index contributed by atoms with van der Waals surface area (Å²) in [6.07, 6.45) is 3.43. The molecule has 74 valence electrons. The van der Waals surface area contributed by atoms with Crippen molar-refractivity contribution in [2.45, 2.75) is 0 Å². The van der Waals surface area contributed by atoms with Crippen LogP contribution < -0.4 is 11.5 Å². The van der Waals surface area contributed by atoms with Gasteiger partial charge in [0.1, 0.15) is 0 Å². The van der Waals surface area contributed by atoms with Crippen LogP contribution in [0.1, 0.15) is 15.9 Å². The van der Waals surface area contributed by atoms with Gasteiger partial charge in [-0.15, -0.1) is 0 Å². The molecule has 0 fully saturated rings. The van der Waals surface area contributed by atoms with Gasteiger partial charge in [-0.3, -0.25) is 0 Å². The van der Waals surface area contributed by atoms with Crippen LogP contribution in [0.3, 0.4) is 0 Å². The van der Waals surface area contributed by atoms with Gasteiger partial charge in [-0.05, 0) is 11.6 Å². The number of nitrogen functional groups attached to an aromatic ring is 1. The van der Waals surface area contributed by atoms with E-state index in [0.717, 1.165) is 0 Å². The van der Waals surface area contributed by atoms with Crippen LogP contribution in [0.15, 0.2) is 24.3 Å². The number of para-hydroxylation sites is 1. The maximum absolute atomic E-state index is 10.7. The van der Waals surface area contributed by atoms with Crippen LogP contribution in [0, 0.1) is 0 Å². The van der Waals surface area contributed by atoms with E-state index in [9.17, 15) is 4.79 Å². The van der Waals surface area contributed by atoms with Crippen molar-refractivity contribution in [1.82, 2.24) is 0 Å². The molecule has 0 heterocycles. The summed E-state index contributed by atoms with van der Waals surface area (Å²) in [7, 11) is 0. The van der Waals surface area contributed by atoms with E-state index < -0.39 is 5.97 Å². The van der Waals surface area contributed by atoms with Crippen LogP contribution >= 0.6 is 0 Å². The minimum atomic E-state index is -1.02. The van der Waals surface area contributed by atoms with Crippen LogP contribution in [0.4, 0.5) is 5.69 Å². The molecule has 0 aliphatic carbocycles. The largest absolute Gasteiger partial charge is 0.478 e. The average Bonchev–Trinajstić information content (AvgIpc) is 2.16. The summed E-state index contributed by atoms with van der Waals surface area (Å²) in [5, 5.41) is 8.79. The molecule has 0 unspecified atom stereocenters. The molecular formula is C10H12N2O2. The summed E-state index contributed by atoms with van der Waals surface area (Å²) < 4.78 is 0. The Morgan fingerprint density at radius 1 is 1.50 bits per heavy atom. The molecule has 0 saturated heterocycles. The van der Waals surface area contributed by atoms with Gasteiger partial charge in [0.05, 0.1) is 11.3 Å². The van der Waals surface area contributed by atoms with Crippen molar-refractivity contribution >= 4 is 17.7 Å². The second-order valence-electron chi connectivity index (χ2n) is 2.75. The van der Waals surface area contributed by atoms with Crippen molar-refractivity contribution in [3.05, 3.63) is 35.4 Å². The number of carboxylic acid groups (broad SMARTS) is 1. The van der Waals surface area contributed by atoms with Crippen molar-refractivity contribution < 1.29 is 9.90 Å². The molecular weight excluding hydrogens is 180 g/mol. The Balaban J connectivity index is 3.14. The van der Waals surface area contributed by atoms with E-state index in [-0.39, 0.29) is 11.3 Å². The van der Waals surface area contributed by atoms with Gasteiger partial charge < -0.3 is 16.6 Å². The lowest BCUT2D eigenvalue weighted by Crippen LogP contribution is -2.03. The summed E-state index contributed by atoms with van der Waals surface area (Å²) >= 11 is 0. The highest BCUT2D eigenvalue weighted by Gasteiger charge is 2.08. The molecule has 0 aliphatic rings. The van der Waals surface area contributed by atoms with Gasteiger partial charge in [-0.1, -0.05) is 24.3 Å². The third-order valence-corrected chi connectivity index (χ3v) is 1.80. The zero-order valence-corrected chi connectivity index (χ0v) is 7.60. The highest BCUT2D eigenvalue weighted by Crippen LogP contribution is 2.18. The van der Waals surface area contributed by atoms with E-state index in [1.54, 1.807) is 24.3 Å². The predicted octanol–water partition coefficient (Wildman–Crippen LogP) is 0.939. The molecule has 0 aromatic heterocycles. The van der Waals surface area contributed by atoms with Gasteiger partial charge in [0.2, 0.25) is 0 Å². The van der Waals surface area contributed by atoms with Gasteiger partial charge in [0, 0.05) is 6.54 Å². The zero-order valence-electron chi connectivity index (χ0n) is 7.60. The summed E-state index contributed by atoms with van der Waals surface area (Å²) in [6.45, 7) is 0.400. The molecule has 0 spiro atoms. The van der Waals surface area contributed by atoms with Crippen molar-refractivity contribution in [2.75, 3.05) is 12.3 Å². The number of carbonyl (C=O) groups is 1. The first-order valence-corrected chi connectivity index (χ1v) is 4.15. The second-order valence-corrected chi connectivity index (χ2v) is 2.75. The number of anilines is 1. The molecule has 1 aromatic carbocycles. The number of aromatic carboxylic acids is 1. The second kappa shape index (κ2) is 4.43. The smallest absolute Gasteiger partial charge is 0.337 e. The maximum atomic E-state index is 10.7. The number of carboxylic acids is 1. The molecule has 5 N–H and O–H groups in total. The van der Waals surface area contributed by atoms with Gasteiger partial charge in [0.15, 0.2) is 0 Å². The predicted molar refractivity (Wildman–Crippen MR) is 55.9 cm³/mol. The zero-order chi connectivity index (χ0) is 10.6. The van der Waals surface area contributed by atoms with Crippen LogP contribution in [-0.2, 0) is 0 Å². The van der Waals surface area contributed by atoms with Crippen molar-refractivity contribution in [1.29, 1.82) is 0 Å². The van der Waals surface area contributed by atoms with Crippen LogP contribution in [-0.4, -0.2) is 17.6 Å². The molecule has 0 radical (unpaired) electrons. The Kier molecular flexibility index (Phi) is 3.25. The first-order valence-electron chi connectivity index (χ1n) is 4.15. The maximum Gasteiger partial charge on any atom is 0.337 e. The van der Waals surface area contributed by atoms with Gasteiger partial charge >= 0.3 is 5.97 Å². The summed E-state index contributed by atoms with van der Waals surface area (Å²) in [5.74, 6) is -1.02. The number of benzene rings is 1. The highest BCUT2D eigenvalue weighted by atomic mass is 16.4. The molecule has 0 aliphatic heterocycles.